The van der Waals surface area contributed by atoms with Crippen molar-refractivity contribution >= 4 is 33.7 Å². The molecule has 0 N–H and O–H groups in total. The molecule has 0 radical (unpaired) electrons. The molecule has 0 aromatic heterocycles. The Morgan fingerprint density at radius 3 is 2.00 bits per heavy atom. The highest BCUT2D eigenvalue weighted by Gasteiger charge is 2.03. The summed E-state index contributed by atoms with van der Waals surface area (Å²) in [4.78, 5) is 21.3. The fourth-order valence-electron chi connectivity index (χ4n) is 0.669. The Labute approximate surface area is 80.5 Å². The number of carbonyl (C=O) groups is 2. The van der Waals surface area contributed by atoms with E-state index in [-0.39, 0.29) is 17.2 Å². The zero-order valence-electron chi connectivity index (χ0n) is 6.80. The van der Waals surface area contributed by atoms with Gasteiger partial charge in [0.1, 0.15) is 0 Å². The van der Waals surface area contributed by atoms with Crippen LogP contribution in [0.1, 0.15) is 22.1 Å². The van der Waals surface area contributed by atoms with Crippen molar-refractivity contribution in [1.82, 2.24) is 0 Å². The molecule has 2 nitrogen and oxygen atoms in total. The van der Waals surface area contributed by atoms with E-state index in [1.165, 1.54) is 18.2 Å². The molecule has 0 amide bonds. The quantitative estimate of drug-likeness (QED) is 0.693. The maximum atomic E-state index is 10.7. The first-order chi connectivity index (χ1) is 6.02. The highest BCUT2D eigenvalue weighted by atomic mass is 35.5. The molecule has 0 unspecified atom stereocenters. The van der Waals surface area contributed by atoms with Gasteiger partial charge in [0.05, 0.1) is 1.37 Å². The molecular weight excluding hydrogens is 199 g/mol. The van der Waals surface area contributed by atoms with Gasteiger partial charge in [0, 0.05) is 11.1 Å². The molecule has 1 aromatic rings. The van der Waals surface area contributed by atoms with Crippen LogP contribution in [-0.2, 0) is 0 Å². The van der Waals surface area contributed by atoms with Crippen LogP contribution in [0.4, 0.5) is 0 Å². The van der Waals surface area contributed by atoms with Crippen molar-refractivity contribution < 1.29 is 11.0 Å². The minimum atomic E-state index is -0.724. The van der Waals surface area contributed by atoms with Crippen LogP contribution in [0.25, 0.3) is 0 Å². The maximum Gasteiger partial charge on any atom is 0.252 e. The van der Waals surface area contributed by atoms with Crippen LogP contribution in [0.5, 0.6) is 0 Å². The van der Waals surface area contributed by atoms with Gasteiger partial charge in [-0.05, 0) is 47.4 Å². The molecule has 0 aliphatic heterocycles. The topological polar surface area (TPSA) is 34.1 Å². The summed E-state index contributed by atoms with van der Waals surface area (Å²) in [6.45, 7) is 0. The second kappa shape index (κ2) is 3.70. The van der Waals surface area contributed by atoms with Gasteiger partial charge in [-0.2, -0.15) is 0 Å². The number of halogens is 2. The van der Waals surface area contributed by atoms with Crippen LogP contribution in [-0.4, -0.2) is 10.5 Å². The third-order valence-electron chi connectivity index (χ3n) is 1.25. The van der Waals surface area contributed by atoms with Crippen LogP contribution in [0.2, 0.25) is 0 Å². The standard InChI is InChI=1S/C8H4Cl2O2/c9-7(11)5-1-2-6(4-3-5)8(10)12/h1-4H/i1D. The Hall–Kier alpha value is -0.860. The molecule has 4 heteroatoms. The molecule has 0 aliphatic rings. The molecule has 62 valence electrons. The zero-order valence-corrected chi connectivity index (χ0v) is 7.32. The van der Waals surface area contributed by atoms with Crippen molar-refractivity contribution in [3.05, 3.63) is 35.4 Å². The second-order valence-electron chi connectivity index (χ2n) is 2.04. The highest BCUT2D eigenvalue weighted by molar-refractivity contribution is 6.68. The predicted octanol–water partition coefficient (Wildman–Crippen LogP) is 2.44. The van der Waals surface area contributed by atoms with Gasteiger partial charge in [0.2, 0.25) is 0 Å². The third kappa shape index (κ3) is 2.06. The lowest BCUT2D eigenvalue weighted by Crippen LogP contribution is -1.92. The molecule has 0 bridgehead atoms. The largest absolute Gasteiger partial charge is 0.276 e. The minimum absolute atomic E-state index is 0.0586. The summed E-state index contributed by atoms with van der Waals surface area (Å²) in [6, 6.07) is 3.74. The molecular formula is C8H4Cl2O2. The van der Waals surface area contributed by atoms with Crippen molar-refractivity contribution in [2.24, 2.45) is 0 Å². The Bertz CT molecular complexity index is 376. The summed E-state index contributed by atoms with van der Waals surface area (Å²) in [5, 5.41) is -1.39. The number of hydrogen-bond donors (Lipinski definition) is 0. The van der Waals surface area contributed by atoms with Gasteiger partial charge in [-0.25, -0.2) is 0 Å². The van der Waals surface area contributed by atoms with Gasteiger partial charge in [-0.3, -0.25) is 9.59 Å². The molecule has 0 spiro atoms. The van der Waals surface area contributed by atoms with Gasteiger partial charge < -0.3 is 0 Å². The van der Waals surface area contributed by atoms with E-state index >= 15 is 0 Å². The smallest absolute Gasteiger partial charge is 0.252 e. The first-order valence-electron chi connectivity index (χ1n) is 3.52. The molecule has 1 aromatic carbocycles. The summed E-state index contributed by atoms with van der Waals surface area (Å²) in [5.41, 5.74) is 0.233. The average Bonchev–Trinajstić information content (AvgIpc) is 2.03. The molecule has 0 saturated carbocycles. The summed E-state index contributed by atoms with van der Waals surface area (Å²) in [7, 11) is 0. The molecule has 1 rings (SSSR count). The summed E-state index contributed by atoms with van der Waals surface area (Å²) in [5.74, 6) is 0. The van der Waals surface area contributed by atoms with Gasteiger partial charge in [0.25, 0.3) is 10.5 Å². The summed E-state index contributed by atoms with van der Waals surface area (Å²) in [6.07, 6.45) is 0. The van der Waals surface area contributed by atoms with Crippen molar-refractivity contribution in [1.29, 1.82) is 0 Å². The average molecular weight is 204 g/mol. The summed E-state index contributed by atoms with van der Waals surface area (Å²) < 4.78 is 7.32. The molecule has 12 heavy (non-hydrogen) atoms. The number of carbonyl (C=O) groups excluding carboxylic acids is 2. The number of hydrogen-bond acceptors (Lipinski definition) is 2. The molecule has 0 aliphatic carbocycles. The molecule has 0 saturated heterocycles. The van der Waals surface area contributed by atoms with Crippen molar-refractivity contribution in [2.45, 2.75) is 0 Å². The maximum absolute atomic E-state index is 10.7. The van der Waals surface area contributed by atoms with E-state index in [0.29, 0.717) is 0 Å². The zero-order chi connectivity index (χ0) is 10.0. The predicted molar refractivity (Wildman–Crippen MR) is 46.8 cm³/mol. The van der Waals surface area contributed by atoms with E-state index in [1.54, 1.807) is 0 Å². The first-order valence-corrected chi connectivity index (χ1v) is 3.78. The Kier molecular flexibility index (Phi) is 2.39. The lowest BCUT2D eigenvalue weighted by Gasteiger charge is -1.94. The monoisotopic (exact) mass is 203 g/mol. The lowest BCUT2D eigenvalue weighted by atomic mass is 10.2. The van der Waals surface area contributed by atoms with Crippen LogP contribution in [0, 0.1) is 0 Å². The highest BCUT2D eigenvalue weighted by Crippen LogP contribution is 2.08. The lowest BCUT2D eigenvalue weighted by molar-refractivity contribution is 0.107. The molecule has 0 atom stereocenters. The number of rotatable bonds is 2. The van der Waals surface area contributed by atoms with Crippen molar-refractivity contribution in [3.63, 3.8) is 0 Å². The number of benzene rings is 1. The van der Waals surface area contributed by atoms with Crippen LogP contribution >= 0.6 is 23.2 Å². The minimum Gasteiger partial charge on any atom is -0.276 e. The van der Waals surface area contributed by atoms with Crippen LogP contribution < -0.4 is 0 Å². The summed E-state index contributed by atoms with van der Waals surface area (Å²) >= 11 is 10.3. The van der Waals surface area contributed by atoms with Gasteiger partial charge in [-0.1, -0.05) is 0 Å². The normalized spacial score (nSPS) is 10.7. The molecule has 0 fully saturated rings. The van der Waals surface area contributed by atoms with Gasteiger partial charge >= 0.3 is 0 Å². The van der Waals surface area contributed by atoms with E-state index in [9.17, 15) is 9.59 Å². The van der Waals surface area contributed by atoms with E-state index in [0.717, 1.165) is 0 Å². The van der Waals surface area contributed by atoms with E-state index in [4.69, 9.17) is 24.6 Å². The first kappa shape index (κ1) is 7.77. The second-order valence-corrected chi connectivity index (χ2v) is 2.73. The Balaban J connectivity index is 3.20. The Morgan fingerprint density at radius 1 is 1.08 bits per heavy atom. The van der Waals surface area contributed by atoms with Gasteiger partial charge in [-0.15, -0.1) is 0 Å². The SMILES string of the molecule is [2H]c1cc(C(=O)Cl)ccc1C(=O)Cl. The van der Waals surface area contributed by atoms with E-state index in [2.05, 4.69) is 0 Å². The van der Waals surface area contributed by atoms with Crippen LogP contribution in [0.3, 0.4) is 0 Å². The van der Waals surface area contributed by atoms with Crippen LogP contribution in [0.15, 0.2) is 24.2 Å². The third-order valence-corrected chi connectivity index (χ3v) is 1.67. The molecule has 0 heterocycles. The van der Waals surface area contributed by atoms with E-state index in [1.807, 2.05) is 0 Å². The van der Waals surface area contributed by atoms with Gasteiger partial charge in [0.15, 0.2) is 0 Å². The fraction of sp³-hybridized carbons (Fsp3) is 0. The van der Waals surface area contributed by atoms with Crippen molar-refractivity contribution in [2.75, 3.05) is 0 Å². The Morgan fingerprint density at radius 2 is 1.58 bits per heavy atom. The van der Waals surface area contributed by atoms with Crippen molar-refractivity contribution in [3.8, 4) is 0 Å². The van der Waals surface area contributed by atoms with E-state index < -0.39 is 10.5 Å². The fourth-order valence-corrected chi connectivity index (χ4v) is 0.904.